The normalized spacial score (nSPS) is 26.8. The van der Waals surface area contributed by atoms with Gasteiger partial charge in [-0.15, -0.1) is 0 Å². The van der Waals surface area contributed by atoms with Crippen LogP contribution in [0.5, 0.6) is 0 Å². The zero-order valence-corrected chi connectivity index (χ0v) is 12.9. The number of carboxylic acid groups (broad SMARTS) is 1. The number of carbonyl (C=O) groups is 1. The molecular weight excluding hydrogens is 296 g/mol. The number of nitrogens with one attached hydrogen (secondary N) is 1. The molecule has 0 aromatic rings. The van der Waals surface area contributed by atoms with Crippen LogP contribution in [0.2, 0.25) is 0 Å². The van der Waals surface area contributed by atoms with Crippen LogP contribution in [0, 0.1) is 5.41 Å². The van der Waals surface area contributed by atoms with Crippen molar-refractivity contribution in [1.29, 1.82) is 0 Å². The maximum atomic E-state index is 12.4. The number of nitrogens with zero attached hydrogens (tertiary/aromatic N) is 1. The van der Waals surface area contributed by atoms with Gasteiger partial charge in [0.25, 0.3) is 10.2 Å². The van der Waals surface area contributed by atoms with Gasteiger partial charge in [0, 0.05) is 25.1 Å². The lowest BCUT2D eigenvalue weighted by molar-refractivity contribution is -0.142. The highest BCUT2D eigenvalue weighted by atomic mass is 32.2. The maximum absolute atomic E-state index is 12.4. The van der Waals surface area contributed by atoms with Crippen molar-refractivity contribution in [2.75, 3.05) is 19.7 Å². The molecule has 21 heavy (non-hydrogen) atoms. The topological polar surface area (TPSA) is 107 Å². The summed E-state index contributed by atoms with van der Waals surface area (Å²) in [6.45, 7) is 0.366. The molecule has 1 heterocycles. The van der Waals surface area contributed by atoms with Crippen molar-refractivity contribution < 1.29 is 23.4 Å². The van der Waals surface area contributed by atoms with Gasteiger partial charge in [-0.2, -0.15) is 12.7 Å². The van der Waals surface area contributed by atoms with Crippen LogP contribution >= 0.6 is 0 Å². The lowest BCUT2D eigenvalue weighted by atomic mass is 9.88. The van der Waals surface area contributed by atoms with Crippen molar-refractivity contribution >= 4 is 16.2 Å². The number of aliphatic hydroxyl groups is 1. The minimum atomic E-state index is -3.82. The fraction of sp³-hybridized carbons (Fsp3) is 0.923. The van der Waals surface area contributed by atoms with E-state index in [-0.39, 0.29) is 25.1 Å². The number of rotatable bonds is 6. The summed E-state index contributed by atoms with van der Waals surface area (Å²) < 4.78 is 28.3. The number of aliphatic hydroxyl groups excluding tert-OH is 1. The molecule has 0 bridgehead atoms. The molecule has 122 valence electrons. The SMILES string of the molecule is O=C(O)C1CCCCN1S(=O)(=O)NCC1(CO)CCCC1. The Labute approximate surface area is 125 Å². The van der Waals surface area contributed by atoms with Crippen molar-refractivity contribution in [3.8, 4) is 0 Å². The Morgan fingerprint density at radius 2 is 1.90 bits per heavy atom. The van der Waals surface area contributed by atoms with Crippen LogP contribution in [0.15, 0.2) is 0 Å². The molecular formula is C13H24N2O5S. The summed E-state index contributed by atoms with van der Waals surface area (Å²) in [7, 11) is -3.82. The molecule has 2 aliphatic rings. The fourth-order valence-corrected chi connectivity index (χ4v) is 4.84. The first-order valence-corrected chi connectivity index (χ1v) is 8.94. The molecule has 1 saturated heterocycles. The van der Waals surface area contributed by atoms with Gasteiger partial charge < -0.3 is 10.2 Å². The van der Waals surface area contributed by atoms with Crippen LogP contribution in [0.4, 0.5) is 0 Å². The van der Waals surface area contributed by atoms with Gasteiger partial charge in [-0.25, -0.2) is 4.72 Å². The first kappa shape index (κ1) is 16.7. The maximum Gasteiger partial charge on any atom is 0.322 e. The van der Waals surface area contributed by atoms with Gasteiger partial charge in [-0.05, 0) is 32.1 Å². The van der Waals surface area contributed by atoms with E-state index in [1.54, 1.807) is 0 Å². The predicted octanol–water partition coefficient (Wildman–Crippen LogP) is 0.313. The highest BCUT2D eigenvalue weighted by molar-refractivity contribution is 7.87. The Bertz CT molecular complexity index is 473. The van der Waals surface area contributed by atoms with E-state index in [9.17, 15) is 23.4 Å². The first-order chi connectivity index (χ1) is 9.90. The summed E-state index contributed by atoms with van der Waals surface area (Å²) in [5.74, 6) is -1.10. The first-order valence-electron chi connectivity index (χ1n) is 7.50. The second kappa shape index (κ2) is 6.60. The second-order valence-electron chi connectivity index (χ2n) is 6.15. The van der Waals surface area contributed by atoms with E-state index in [0.29, 0.717) is 12.8 Å². The third-order valence-corrected chi connectivity index (χ3v) is 6.24. The molecule has 2 rings (SSSR count). The van der Waals surface area contributed by atoms with Crippen LogP contribution in [-0.4, -0.2) is 54.6 Å². The van der Waals surface area contributed by atoms with Crippen molar-refractivity contribution in [2.24, 2.45) is 5.41 Å². The number of hydrogen-bond donors (Lipinski definition) is 3. The van der Waals surface area contributed by atoms with E-state index in [4.69, 9.17) is 0 Å². The predicted molar refractivity (Wildman–Crippen MR) is 76.9 cm³/mol. The summed E-state index contributed by atoms with van der Waals surface area (Å²) >= 11 is 0. The molecule has 0 aromatic heterocycles. The Kier molecular flexibility index (Phi) is 5.24. The fourth-order valence-electron chi connectivity index (χ4n) is 3.28. The highest BCUT2D eigenvalue weighted by Gasteiger charge is 2.39. The van der Waals surface area contributed by atoms with Crippen molar-refractivity contribution in [3.63, 3.8) is 0 Å². The van der Waals surface area contributed by atoms with Crippen molar-refractivity contribution in [1.82, 2.24) is 9.03 Å². The average molecular weight is 320 g/mol. The van der Waals surface area contributed by atoms with Crippen LogP contribution < -0.4 is 4.72 Å². The highest BCUT2D eigenvalue weighted by Crippen LogP contribution is 2.37. The summed E-state index contributed by atoms with van der Waals surface area (Å²) in [5.41, 5.74) is -0.387. The average Bonchev–Trinajstić information content (AvgIpc) is 2.95. The molecule has 7 nitrogen and oxygen atoms in total. The zero-order chi connectivity index (χ0) is 15.5. The van der Waals surface area contributed by atoms with Gasteiger partial charge >= 0.3 is 5.97 Å². The molecule has 1 aliphatic carbocycles. The van der Waals surface area contributed by atoms with Gasteiger partial charge in [0.1, 0.15) is 6.04 Å². The zero-order valence-electron chi connectivity index (χ0n) is 12.1. The van der Waals surface area contributed by atoms with E-state index in [0.717, 1.165) is 36.4 Å². The molecule has 0 aromatic carbocycles. The molecule has 0 spiro atoms. The van der Waals surface area contributed by atoms with E-state index in [2.05, 4.69) is 4.72 Å². The number of aliphatic carboxylic acids is 1. The van der Waals surface area contributed by atoms with Crippen LogP contribution in [0.25, 0.3) is 0 Å². The quantitative estimate of drug-likeness (QED) is 0.653. The van der Waals surface area contributed by atoms with Crippen LogP contribution in [-0.2, 0) is 15.0 Å². The Hall–Kier alpha value is -0.700. The lowest BCUT2D eigenvalue weighted by Gasteiger charge is -2.33. The minimum Gasteiger partial charge on any atom is -0.480 e. The van der Waals surface area contributed by atoms with Gasteiger partial charge in [0.2, 0.25) is 0 Å². The molecule has 2 fully saturated rings. The second-order valence-corrected chi connectivity index (χ2v) is 7.86. The van der Waals surface area contributed by atoms with E-state index < -0.39 is 22.2 Å². The van der Waals surface area contributed by atoms with E-state index in [1.807, 2.05) is 0 Å². The third-order valence-electron chi connectivity index (χ3n) is 4.68. The summed E-state index contributed by atoms with van der Waals surface area (Å²) in [6.07, 6.45) is 5.33. The number of piperidine rings is 1. The Balaban J connectivity index is 2.04. The molecule has 1 atom stereocenters. The van der Waals surface area contributed by atoms with Crippen molar-refractivity contribution in [3.05, 3.63) is 0 Å². The smallest absolute Gasteiger partial charge is 0.322 e. The van der Waals surface area contributed by atoms with Gasteiger partial charge in [-0.1, -0.05) is 12.8 Å². The third kappa shape index (κ3) is 3.74. The van der Waals surface area contributed by atoms with E-state index in [1.165, 1.54) is 0 Å². The molecule has 0 radical (unpaired) electrons. The number of carboxylic acids is 1. The standard InChI is InChI=1S/C13H24N2O5S/c16-10-13(6-2-3-7-13)9-14-21(19,20)15-8-4-1-5-11(15)12(17)18/h11,14,16H,1-10H2,(H,17,18). The Morgan fingerprint density at radius 3 is 2.48 bits per heavy atom. The summed E-state index contributed by atoms with van der Waals surface area (Å²) in [6, 6.07) is -0.982. The van der Waals surface area contributed by atoms with E-state index >= 15 is 0 Å². The summed E-state index contributed by atoms with van der Waals surface area (Å²) in [5, 5.41) is 18.7. The largest absolute Gasteiger partial charge is 0.480 e. The monoisotopic (exact) mass is 320 g/mol. The molecule has 3 N–H and O–H groups in total. The van der Waals surface area contributed by atoms with Gasteiger partial charge in [-0.3, -0.25) is 4.79 Å². The molecule has 1 saturated carbocycles. The molecule has 0 amide bonds. The molecule has 1 aliphatic heterocycles. The molecule has 1 unspecified atom stereocenters. The van der Waals surface area contributed by atoms with Gasteiger partial charge in [0.15, 0.2) is 0 Å². The van der Waals surface area contributed by atoms with Crippen LogP contribution in [0.3, 0.4) is 0 Å². The summed E-state index contributed by atoms with van der Waals surface area (Å²) in [4.78, 5) is 11.2. The van der Waals surface area contributed by atoms with Gasteiger partial charge in [0.05, 0.1) is 0 Å². The minimum absolute atomic E-state index is 0.0438. The molecule has 8 heteroatoms. The van der Waals surface area contributed by atoms with Crippen molar-refractivity contribution in [2.45, 2.75) is 51.0 Å². The number of hydrogen-bond acceptors (Lipinski definition) is 4. The van der Waals surface area contributed by atoms with Crippen LogP contribution in [0.1, 0.15) is 44.9 Å². The lowest BCUT2D eigenvalue weighted by Crippen LogP contribution is -2.53. The Morgan fingerprint density at radius 1 is 1.24 bits per heavy atom.